The molecule has 1 atom stereocenters. The Morgan fingerprint density at radius 1 is 1.38 bits per heavy atom. The van der Waals surface area contributed by atoms with Crippen LogP contribution in [0.1, 0.15) is 23.4 Å². The van der Waals surface area contributed by atoms with E-state index < -0.39 is 11.6 Å². The van der Waals surface area contributed by atoms with E-state index >= 15 is 0 Å². The van der Waals surface area contributed by atoms with Gasteiger partial charge in [0.15, 0.2) is 0 Å². The highest BCUT2D eigenvalue weighted by molar-refractivity contribution is 7.10. The molecular formula is C15H14F2N2OS. The predicted molar refractivity (Wildman–Crippen MR) is 78.5 cm³/mol. The third-order valence-corrected chi connectivity index (χ3v) is 4.71. The van der Waals surface area contributed by atoms with Gasteiger partial charge in [-0.2, -0.15) is 0 Å². The molecule has 0 aliphatic carbocycles. The van der Waals surface area contributed by atoms with Gasteiger partial charge in [-0.3, -0.25) is 0 Å². The van der Waals surface area contributed by atoms with Crippen molar-refractivity contribution in [3.8, 4) is 0 Å². The van der Waals surface area contributed by atoms with Crippen molar-refractivity contribution in [2.75, 3.05) is 11.9 Å². The quantitative estimate of drug-likeness (QED) is 0.842. The molecule has 1 aromatic heterocycles. The summed E-state index contributed by atoms with van der Waals surface area (Å²) in [4.78, 5) is 15.3. The van der Waals surface area contributed by atoms with E-state index in [0.717, 1.165) is 24.1 Å². The minimum atomic E-state index is -0.774. The maximum atomic E-state index is 13.6. The van der Waals surface area contributed by atoms with E-state index in [2.05, 4.69) is 5.32 Å². The fourth-order valence-corrected chi connectivity index (χ4v) is 3.53. The third-order valence-electron chi connectivity index (χ3n) is 3.71. The van der Waals surface area contributed by atoms with Crippen LogP contribution in [0, 0.1) is 11.6 Å². The minimum Gasteiger partial charge on any atom is -0.317 e. The molecule has 2 heterocycles. The number of amides is 2. The van der Waals surface area contributed by atoms with Crippen LogP contribution >= 0.6 is 11.3 Å². The molecule has 3 nitrogen and oxygen atoms in total. The smallest absolute Gasteiger partial charge is 0.317 e. The lowest BCUT2D eigenvalue weighted by molar-refractivity contribution is 0.189. The van der Waals surface area contributed by atoms with Gasteiger partial charge in [-0.25, -0.2) is 13.6 Å². The fourth-order valence-electron chi connectivity index (χ4n) is 2.56. The van der Waals surface area contributed by atoms with Crippen LogP contribution in [0.2, 0.25) is 0 Å². The van der Waals surface area contributed by atoms with E-state index in [-0.39, 0.29) is 17.8 Å². The fraction of sp³-hybridized carbons (Fsp3) is 0.267. The first kappa shape index (κ1) is 14.0. The Balaban J connectivity index is 1.77. The zero-order chi connectivity index (χ0) is 15.0. The number of anilines is 1. The Hall–Kier alpha value is -1.95. The molecule has 21 heavy (non-hydrogen) atoms. The molecule has 1 N–H and O–H groups in total. The number of rotatable bonds is 1. The van der Waals surface area contributed by atoms with Gasteiger partial charge in [0.2, 0.25) is 0 Å². The maximum absolute atomic E-state index is 13.6. The lowest BCUT2D eigenvalue weighted by Gasteiger charge is -2.33. The molecule has 6 heteroatoms. The van der Waals surface area contributed by atoms with E-state index in [9.17, 15) is 13.6 Å². The van der Waals surface area contributed by atoms with E-state index in [1.54, 1.807) is 16.2 Å². The van der Waals surface area contributed by atoms with Gasteiger partial charge < -0.3 is 10.2 Å². The first-order chi connectivity index (χ1) is 10.1. The molecule has 1 aliphatic rings. The summed E-state index contributed by atoms with van der Waals surface area (Å²) in [5.41, 5.74) is 1.13. The number of fused-ring (bicyclic) bond motifs is 1. The molecule has 0 saturated carbocycles. The zero-order valence-electron chi connectivity index (χ0n) is 11.4. The van der Waals surface area contributed by atoms with Crippen molar-refractivity contribution in [2.24, 2.45) is 0 Å². The average Bonchev–Trinajstić information content (AvgIpc) is 2.91. The lowest BCUT2D eigenvalue weighted by atomic mass is 10.0. The number of benzene rings is 1. The average molecular weight is 308 g/mol. The van der Waals surface area contributed by atoms with Gasteiger partial charge in [-0.1, -0.05) is 0 Å². The molecule has 0 bridgehead atoms. The first-order valence-electron chi connectivity index (χ1n) is 6.65. The van der Waals surface area contributed by atoms with Crippen LogP contribution in [0.15, 0.2) is 29.6 Å². The maximum Gasteiger partial charge on any atom is 0.322 e. The van der Waals surface area contributed by atoms with Gasteiger partial charge in [-0.05, 0) is 42.5 Å². The normalized spacial score (nSPS) is 17.5. The van der Waals surface area contributed by atoms with Crippen molar-refractivity contribution in [1.82, 2.24) is 4.90 Å². The van der Waals surface area contributed by atoms with E-state index in [1.165, 1.54) is 10.9 Å². The summed E-state index contributed by atoms with van der Waals surface area (Å²) in [6.45, 7) is 2.54. The number of halogens is 2. The minimum absolute atomic E-state index is 0.00952. The van der Waals surface area contributed by atoms with Crippen molar-refractivity contribution >= 4 is 23.1 Å². The summed E-state index contributed by atoms with van der Waals surface area (Å²) in [5.74, 6) is -1.44. The molecule has 3 rings (SSSR count). The SMILES string of the molecule is C[C@H]1c2ccsc2CCN1C(=O)Nc1ccc(F)cc1F. The van der Waals surface area contributed by atoms with Crippen LogP contribution in [0.4, 0.5) is 19.3 Å². The molecule has 0 fully saturated rings. The van der Waals surface area contributed by atoms with Gasteiger partial charge in [0.1, 0.15) is 11.6 Å². The number of thiophene rings is 1. The van der Waals surface area contributed by atoms with Crippen molar-refractivity contribution in [1.29, 1.82) is 0 Å². The van der Waals surface area contributed by atoms with Crippen LogP contribution in [0.3, 0.4) is 0 Å². The van der Waals surface area contributed by atoms with Crippen LogP contribution < -0.4 is 5.32 Å². The number of nitrogens with zero attached hydrogens (tertiary/aromatic N) is 1. The highest BCUT2D eigenvalue weighted by Gasteiger charge is 2.28. The van der Waals surface area contributed by atoms with E-state index in [4.69, 9.17) is 0 Å². The van der Waals surface area contributed by atoms with E-state index in [0.29, 0.717) is 6.54 Å². The number of urea groups is 1. The topological polar surface area (TPSA) is 32.3 Å². The van der Waals surface area contributed by atoms with Crippen molar-refractivity contribution in [2.45, 2.75) is 19.4 Å². The lowest BCUT2D eigenvalue weighted by Crippen LogP contribution is -2.41. The van der Waals surface area contributed by atoms with Crippen LogP contribution in [-0.2, 0) is 6.42 Å². The molecule has 2 amide bonds. The number of carbonyl (C=O) groups excluding carboxylic acids is 1. The number of carbonyl (C=O) groups is 1. The molecule has 1 aliphatic heterocycles. The molecule has 2 aromatic rings. The summed E-state index contributed by atoms with van der Waals surface area (Å²) in [7, 11) is 0. The monoisotopic (exact) mass is 308 g/mol. The molecule has 0 radical (unpaired) electrons. The Labute approximate surface area is 125 Å². The number of nitrogens with one attached hydrogen (secondary N) is 1. The van der Waals surface area contributed by atoms with E-state index in [1.807, 2.05) is 18.4 Å². The summed E-state index contributed by atoms with van der Waals surface area (Å²) >= 11 is 1.69. The van der Waals surface area contributed by atoms with Gasteiger partial charge >= 0.3 is 6.03 Å². The predicted octanol–water partition coefficient (Wildman–Crippen LogP) is 4.18. The highest BCUT2D eigenvalue weighted by atomic mass is 32.1. The van der Waals surface area contributed by atoms with Crippen LogP contribution in [0.5, 0.6) is 0 Å². The molecule has 1 aromatic carbocycles. The molecular weight excluding hydrogens is 294 g/mol. The standard InChI is InChI=1S/C15H14F2N2OS/c1-9-11-5-7-21-14(11)4-6-19(9)15(20)18-13-3-2-10(16)8-12(13)17/h2-3,5,7-9H,4,6H2,1H3,(H,18,20)/t9-/m0/s1. The Morgan fingerprint density at radius 3 is 2.95 bits per heavy atom. The summed E-state index contributed by atoms with van der Waals surface area (Å²) in [6, 6.07) is 4.70. The second kappa shape index (κ2) is 5.44. The van der Waals surface area contributed by atoms with Gasteiger partial charge in [0, 0.05) is 17.5 Å². The highest BCUT2D eigenvalue weighted by Crippen LogP contribution is 2.33. The number of hydrogen-bond acceptors (Lipinski definition) is 2. The molecule has 110 valence electrons. The van der Waals surface area contributed by atoms with Gasteiger partial charge in [-0.15, -0.1) is 11.3 Å². The Bertz CT molecular complexity index is 686. The van der Waals surface area contributed by atoms with Crippen LogP contribution in [-0.4, -0.2) is 17.5 Å². The van der Waals surface area contributed by atoms with Crippen molar-refractivity contribution in [3.63, 3.8) is 0 Å². The van der Waals surface area contributed by atoms with Crippen molar-refractivity contribution in [3.05, 3.63) is 51.7 Å². The first-order valence-corrected chi connectivity index (χ1v) is 7.53. The molecule has 0 unspecified atom stereocenters. The van der Waals surface area contributed by atoms with Crippen LogP contribution in [0.25, 0.3) is 0 Å². The summed E-state index contributed by atoms with van der Waals surface area (Å²) < 4.78 is 26.5. The Kier molecular flexibility index (Phi) is 3.63. The van der Waals surface area contributed by atoms with Gasteiger partial charge in [0.25, 0.3) is 0 Å². The second-order valence-electron chi connectivity index (χ2n) is 4.97. The zero-order valence-corrected chi connectivity index (χ0v) is 12.2. The summed E-state index contributed by atoms with van der Waals surface area (Å²) in [6.07, 6.45) is 0.802. The molecule has 0 spiro atoms. The largest absolute Gasteiger partial charge is 0.322 e. The second-order valence-corrected chi connectivity index (χ2v) is 5.97. The van der Waals surface area contributed by atoms with Crippen molar-refractivity contribution < 1.29 is 13.6 Å². The summed E-state index contributed by atoms with van der Waals surface area (Å²) in [5, 5.41) is 4.53. The number of hydrogen-bond donors (Lipinski definition) is 1. The Morgan fingerprint density at radius 2 is 2.19 bits per heavy atom. The van der Waals surface area contributed by atoms with Gasteiger partial charge in [0.05, 0.1) is 11.7 Å². The third kappa shape index (κ3) is 2.63. The molecule has 0 saturated heterocycles.